The Bertz CT molecular complexity index is 1120. The van der Waals surface area contributed by atoms with Crippen LogP contribution < -0.4 is 16.3 Å². The van der Waals surface area contributed by atoms with Crippen molar-refractivity contribution in [1.29, 1.82) is 0 Å². The largest absolute Gasteiger partial charge is 0.351 e. The Balaban J connectivity index is 1.86. The molecule has 7 heteroatoms. The van der Waals surface area contributed by atoms with Gasteiger partial charge in [0.2, 0.25) is 0 Å². The molecular weight excluding hydrogens is 392 g/mol. The zero-order valence-electron chi connectivity index (χ0n) is 15.0. The molecule has 0 saturated carbocycles. The molecule has 4 rings (SSSR count). The van der Waals surface area contributed by atoms with Gasteiger partial charge in [-0.2, -0.15) is 4.98 Å². The molecule has 0 amide bonds. The highest BCUT2D eigenvalue weighted by molar-refractivity contribution is 7.80. The van der Waals surface area contributed by atoms with Crippen LogP contribution in [-0.2, 0) is 0 Å². The fourth-order valence-electron chi connectivity index (χ4n) is 3.32. The van der Waals surface area contributed by atoms with Crippen molar-refractivity contribution in [3.8, 4) is 11.3 Å². The zero-order chi connectivity index (χ0) is 19.7. The van der Waals surface area contributed by atoms with Crippen LogP contribution in [0.2, 0.25) is 5.02 Å². The van der Waals surface area contributed by atoms with E-state index >= 15 is 0 Å². The van der Waals surface area contributed by atoms with Crippen molar-refractivity contribution in [3.05, 3.63) is 93.1 Å². The fourth-order valence-corrected chi connectivity index (χ4v) is 3.71. The lowest BCUT2D eigenvalue weighted by Gasteiger charge is -2.31. The monoisotopic (exact) mass is 408 g/mol. The summed E-state index contributed by atoms with van der Waals surface area (Å²) in [7, 11) is 0. The molecule has 2 aromatic carbocycles. The second-order valence-corrected chi connectivity index (χ2v) is 7.32. The predicted molar refractivity (Wildman–Crippen MR) is 116 cm³/mol. The molecule has 2 heterocycles. The molecular formula is C21H17ClN4OS. The molecule has 3 N–H and O–H groups in total. The van der Waals surface area contributed by atoms with E-state index in [-0.39, 0.29) is 6.04 Å². The molecule has 1 aliphatic heterocycles. The highest BCUT2D eigenvalue weighted by atomic mass is 35.5. The molecule has 0 aliphatic carbocycles. The van der Waals surface area contributed by atoms with Crippen LogP contribution in [0.15, 0.2) is 71.2 Å². The molecule has 1 aromatic heterocycles. The second-order valence-electron chi connectivity index (χ2n) is 6.47. The summed E-state index contributed by atoms with van der Waals surface area (Å²) < 4.78 is 0. The number of hydrogen-bond donors (Lipinski definition) is 3. The van der Waals surface area contributed by atoms with Gasteiger partial charge in [-0.15, -0.1) is 0 Å². The van der Waals surface area contributed by atoms with E-state index in [9.17, 15) is 4.79 Å². The summed E-state index contributed by atoms with van der Waals surface area (Å²) in [5, 5.41) is 7.63. The molecule has 1 aliphatic rings. The number of benzene rings is 2. The molecule has 0 radical (unpaired) electrons. The molecule has 0 bridgehead atoms. The molecule has 0 spiro atoms. The second kappa shape index (κ2) is 7.58. The van der Waals surface area contributed by atoms with Crippen molar-refractivity contribution in [2.75, 3.05) is 0 Å². The van der Waals surface area contributed by atoms with Crippen molar-refractivity contribution < 1.29 is 0 Å². The Labute approximate surface area is 172 Å². The maximum absolute atomic E-state index is 12.3. The Hall–Kier alpha value is -2.96. The summed E-state index contributed by atoms with van der Waals surface area (Å²) in [6.07, 6.45) is 0. The van der Waals surface area contributed by atoms with E-state index in [1.165, 1.54) is 0 Å². The third-order valence-electron chi connectivity index (χ3n) is 4.58. The first kappa shape index (κ1) is 18.4. The minimum atomic E-state index is -0.414. The average molecular weight is 409 g/mol. The van der Waals surface area contributed by atoms with E-state index in [4.69, 9.17) is 23.8 Å². The summed E-state index contributed by atoms with van der Waals surface area (Å²) in [6, 6.07) is 18.9. The van der Waals surface area contributed by atoms with Crippen molar-refractivity contribution in [2.45, 2.75) is 13.0 Å². The summed E-state index contributed by atoms with van der Waals surface area (Å²) in [5.41, 5.74) is 4.50. The van der Waals surface area contributed by atoms with Gasteiger partial charge in [0.25, 0.3) is 0 Å². The number of nitrogens with zero attached hydrogens (tertiary/aromatic N) is 1. The molecule has 0 saturated heterocycles. The molecule has 5 nitrogen and oxygen atoms in total. The number of rotatable bonds is 3. The smallest absolute Gasteiger partial charge is 0.345 e. The molecule has 1 atom stereocenters. The summed E-state index contributed by atoms with van der Waals surface area (Å²) >= 11 is 11.3. The average Bonchev–Trinajstić information content (AvgIpc) is 2.68. The summed E-state index contributed by atoms with van der Waals surface area (Å²) in [4.78, 5) is 19.3. The highest BCUT2D eigenvalue weighted by Gasteiger charge is 2.27. The van der Waals surface area contributed by atoms with Gasteiger partial charge in [-0.3, -0.25) is 0 Å². The number of thiocarbonyl (C=S) groups is 1. The third-order valence-corrected chi connectivity index (χ3v) is 5.05. The van der Waals surface area contributed by atoms with Gasteiger partial charge in [-0.1, -0.05) is 54.1 Å². The Morgan fingerprint density at radius 2 is 1.79 bits per heavy atom. The Morgan fingerprint density at radius 1 is 1.07 bits per heavy atom. The summed E-state index contributed by atoms with van der Waals surface area (Å²) in [5.74, 6) is 0. The molecule has 0 fully saturated rings. The standard InChI is InChI=1S/C21H17ClN4OS/c1-12-18(19(26-21(28)23-12)14-5-3-2-4-6-14)17-11-16(24-20(27)25-17)13-7-9-15(22)10-8-13/h2-11,19H,1H3,(H2,23,26,28)(H,24,25,27). The van der Waals surface area contributed by atoms with Crippen molar-refractivity contribution in [2.24, 2.45) is 0 Å². The quantitative estimate of drug-likeness (QED) is 0.570. The maximum atomic E-state index is 12.3. The minimum Gasteiger partial charge on any atom is -0.351 e. The number of aromatic nitrogens is 2. The van der Waals surface area contributed by atoms with Crippen molar-refractivity contribution in [3.63, 3.8) is 0 Å². The number of hydrogen-bond acceptors (Lipinski definition) is 3. The number of nitrogens with one attached hydrogen (secondary N) is 3. The van der Waals surface area contributed by atoms with Crippen LogP contribution in [0.1, 0.15) is 24.2 Å². The van der Waals surface area contributed by atoms with Gasteiger partial charge in [0.1, 0.15) is 0 Å². The lowest BCUT2D eigenvalue weighted by Crippen LogP contribution is -2.43. The Morgan fingerprint density at radius 3 is 2.50 bits per heavy atom. The van der Waals surface area contributed by atoms with E-state index in [2.05, 4.69) is 20.6 Å². The van der Waals surface area contributed by atoms with Gasteiger partial charge in [-0.05, 0) is 42.9 Å². The SMILES string of the molecule is CC1=C(c2cc(-c3ccc(Cl)cc3)nc(=O)[nH]2)C(c2ccccc2)NC(=S)N1. The summed E-state index contributed by atoms with van der Waals surface area (Å²) in [6.45, 7) is 1.94. The van der Waals surface area contributed by atoms with E-state index in [1.54, 1.807) is 12.1 Å². The van der Waals surface area contributed by atoms with Crippen molar-refractivity contribution >= 4 is 34.5 Å². The number of allylic oxidation sites excluding steroid dienone is 1. The molecule has 3 aromatic rings. The van der Waals surface area contributed by atoms with Gasteiger partial charge in [0, 0.05) is 21.9 Å². The number of aromatic amines is 1. The Kier molecular flexibility index (Phi) is 4.98. The van der Waals surface area contributed by atoms with Gasteiger partial charge in [0.15, 0.2) is 5.11 Å². The van der Waals surface area contributed by atoms with Crippen LogP contribution in [0.25, 0.3) is 16.8 Å². The fraction of sp³-hybridized carbons (Fsp3) is 0.0952. The molecule has 28 heavy (non-hydrogen) atoms. The topological polar surface area (TPSA) is 69.8 Å². The minimum absolute atomic E-state index is 0.189. The predicted octanol–water partition coefficient (Wildman–Crippen LogP) is 4.04. The van der Waals surface area contributed by atoms with E-state index in [0.717, 1.165) is 22.4 Å². The normalized spacial score (nSPS) is 16.5. The van der Waals surface area contributed by atoms with Gasteiger partial charge >= 0.3 is 5.69 Å². The van der Waals surface area contributed by atoms with Crippen LogP contribution in [0.4, 0.5) is 0 Å². The number of halogens is 1. The van der Waals surface area contributed by atoms with Crippen LogP contribution in [-0.4, -0.2) is 15.1 Å². The first-order chi connectivity index (χ1) is 13.5. The third kappa shape index (κ3) is 3.69. The van der Waals surface area contributed by atoms with Crippen LogP contribution >= 0.6 is 23.8 Å². The van der Waals surface area contributed by atoms with Gasteiger partial charge in [0.05, 0.1) is 17.4 Å². The molecule has 1 unspecified atom stereocenters. The highest BCUT2D eigenvalue weighted by Crippen LogP contribution is 2.34. The maximum Gasteiger partial charge on any atom is 0.345 e. The first-order valence-electron chi connectivity index (χ1n) is 8.72. The van der Waals surface area contributed by atoms with E-state index in [1.807, 2.05) is 55.5 Å². The van der Waals surface area contributed by atoms with Gasteiger partial charge in [-0.25, -0.2) is 4.79 Å². The van der Waals surface area contributed by atoms with Crippen LogP contribution in [0.3, 0.4) is 0 Å². The van der Waals surface area contributed by atoms with Crippen LogP contribution in [0.5, 0.6) is 0 Å². The lowest BCUT2D eigenvalue weighted by molar-refractivity contribution is 0.754. The van der Waals surface area contributed by atoms with Crippen LogP contribution in [0, 0.1) is 0 Å². The van der Waals surface area contributed by atoms with E-state index < -0.39 is 5.69 Å². The lowest BCUT2D eigenvalue weighted by atomic mass is 9.92. The first-order valence-corrected chi connectivity index (χ1v) is 9.51. The van der Waals surface area contributed by atoms with E-state index in [0.29, 0.717) is 21.5 Å². The van der Waals surface area contributed by atoms with Crippen molar-refractivity contribution in [1.82, 2.24) is 20.6 Å². The van der Waals surface area contributed by atoms with Gasteiger partial charge < -0.3 is 15.6 Å². The molecule has 140 valence electrons. The number of H-pyrrole nitrogens is 1. The zero-order valence-corrected chi connectivity index (χ0v) is 16.6.